The summed E-state index contributed by atoms with van der Waals surface area (Å²) in [5.41, 5.74) is 0.366. The van der Waals surface area contributed by atoms with Crippen LogP contribution in [0.2, 0.25) is 0 Å². The van der Waals surface area contributed by atoms with Crippen molar-refractivity contribution in [1.29, 1.82) is 0 Å². The molecule has 0 aromatic carbocycles. The summed E-state index contributed by atoms with van der Waals surface area (Å²) in [6, 6.07) is 5.23. The molecule has 94 valence electrons. The maximum Gasteiger partial charge on any atom is 0.269 e. The molecular weight excluding hydrogens is 238 g/mol. The van der Waals surface area contributed by atoms with Crippen molar-refractivity contribution >= 4 is 22.5 Å². The molecule has 0 radical (unpaired) electrons. The number of carbonyl (C=O) groups is 1. The molecule has 0 saturated heterocycles. The quantitative estimate of drug-likeness (QED) is 0.782. The highest BCUT2D eigenvalue weighted by molar-refractivity contribution is 7.84. The topological polar surface area (TPSA) is 71.1 Å². The largest absolute Gasteiger partial charge is 0.370 e. The molecule has 1 aromatic heterocycles. The number of nitrogens with zero attached hydrogens (tertiary/aromatic N) is 1. The fourth-order valence-electron chi connectivity index (χ4n) is 1.24. The van der Waals surface area contributed by atoms with Crippen LogP contribution in [0.4, 0.5) is 5.82 Å². The number of hydrogen-bond acceptors (Lipinski definition) is 4. The lowest BCUT2D eigenvalue weighted by atomic mass is 10.3. The molecule has 0 spiro atoms. The molecule has 1 heterocycles. The van der Waals surface area contributed by atoms with Gasteiger partial charge in [-0.1, -0.05) is 6.07 Å². The molecule has 0 aliphatic rings. The second kappa shape index (κ2) is 7.01. The Bertz CT molecular complexity index is 409. The maximum absolute atomic E-state index is 11.7. The van der Waals surface area contributed by atoms with Crippen molar-refractivity contribution in [2.24, 2.45) is 0 Å². The second-order valence-corrected chi connectivity index (χ2v) is 5.03. The third kappa shape index (κ3) is 4.95. The molecule has 1 aromatic rings. The van der Waals surface area contributed by atoms with Crippen molar-refractivity contribution in [2.75, 3.05) is 30.4 Å². The fraction of sp³-hybridized carbons (Fsp3) is 0.455. The van der Waals surface area contributed by atoms with Gasteiger partial charge in [-0.05, 0) is 19.1 Å². The summed E-state index contributed by atoms with van der Waals surface area (Å²) >= 11 is 0. The molecule has 5 nitrogen and oxygen atoms in total. The number of carbonyl (C=O) groups excluding carboxylic acids is 1. The molecular formula is C11H17N3O2S. The highest BCUT2D eigenvalue weighted by atomic mass is 32.2. The van der Waals surface area contributed by atoms with Crippen molar-refractivity contribution in [3.8, 4) is 0 Å². The van der Waals surface area contributed by atoms with E-state index < -0.39 is 10.8 Å². The number of nitrogens with one attached hydrogen (secondary N) is 2. The van der Waals surface area contributed by atoms with E-state index in [0.29, 0.717) is 23.8 Å². The van der Waals surface area contributed by atoms with E-state index in [9.17, 15) is 9.00 Å². The molecule has 2 N–H and O–H groups in total. The highest BCUT2D eigenvalue weighted by Gasteiger charge is 2.07. The van der Waals surface area contributed by atoms with E-state index in [1.807, 2.05) is 6.92 Å². The van der Waals surface area contributed by atoms with Crippen LogP contribution in [0.5, 0.6) is 0 Å². The summed E-state index contributed by atoms with van der Waals surface area (Å²) in [6.07, 6.45) is 1.61. The molecule has 1 rings (SSSR count). The van der Waals surface area contributed by atoms with Crippen LogP contribution >= 0.6 is 0 Å². The average Bonchev–Trinajstić information content (AvgIpc) is 2.29. The Labute approximate surface area is 103 Å². The van der Waals surface area contributed by atoms with Gasteiger partial charge < -0.3 is 10.6 Å². The van der Waals surface area contributed by atoms with Crippen LogP contribution in [0.3, 0.4) is 0 Å². The van der Waals surface area contributed by atoms with E-state index in [0.717, 1.165) is 6.54 Å². The summed E-state index contributed by atoms with van der Waals surface area (Å²) in [6.45, 7) is 3.12. The van der Waals surface area contributed by atoms with Crippen molar-refractivity contribution in [3.63, 3.8) is 0 Å². The van der Waals surface area contributed by atoms with E-state index in [1.165, 1.54) is 0 Å². The van der Waals surface area contributed by atoms with E-state index >= 15 is 0 Å². The minimum Gasteiger partial charge on any atom is -0.370 e. The lowest BCUT2D eigenvalue weighted by Gasteiger charge is -2.06. The van der Waals surface area contributed by atoms with E-state index in [-0.39, 0.29) is 5.91 Å². The minimum absolute atomic E-state index is 0.241. The summed E-state index contributed by atoms with van der Waals surface area (Å²) in [4.78, 5) is 15.8. The van der Waals surface area contributed by atoms with Crippen LogP contribution in [0.25, 0.3) is 0 Å². The summed E-state index contributed by atoms with van der Waals surface area (Å²) in [7, 11) is -0.893. The first kappa shape index (κ1) is 13.6. The van der Waals surface area contributed by atoms with Crippen molar-refractivity contribution in [1.82, 2.24) is 10.3 Å². The van der Waals surface area contributed by atoms with Gasteiger partial charge in [0.05, 0.1) is 0 Å². The van der Waals surface area contributed by atoms with Crippen molar-refractivity contribution < 1.29 is 9.00 Å². The van der Waals surface area contributed by atoms with Gasteiger partial charge in [-0.3, -0.25) is 9.00 Å². The normalized spacial score (nSPS) is 11.9. The highest BCUT2D eigenvalue weighted by Crippen LogP contribution is 2.04. The molecule has 0 aliphatic heterocycles. The fourth-order valence-corrected chi connectivity index (χ4v) is 1.63. The zero-order valence-electron chi connectivity index (χ0n) is 10.0. The Hall–Kier alpha value is -1.43. The Morgan fingerprint density at radius 2 is 2.24 bits per heavy atom. The average molecular weight is 255 g/mol. The number of hydrogen-bond donors (Lipinski definition) is 2. The summed E-state index contributed by atoms with van der Waals surface area (Å²) in [5.74, 6) is 0.896. The molecule has 1 unspecified atom stereocenters. The molecule has 0 fully saturated rings. The monoisotopic (exact) mass is 255 g/mol. The van der Waals surface area contributed by atoms with Crippen molar-refractivity contribution in [3.05, 3.63) is 23.9 Å². The molecule has 17 heavy (non-hydrogen) atoms. The predicted octanol–water partition coefficient (Wildman–Crippen LogP) is 0.622. The molecule has 1 atom stereocenters. The van der Waals surface area contributed by atoms with E-state index in [4.69, 9.17) is 0 Å². The predicted molar refractivity (Wildman–Crippen MR) is 69.7 cm³/mol. The van der Waals surface area contributed by atoms with Gasteiger partial charge in [0.2, 0.25) is 0 Å². The van der Waals surface area contributed by atoms with E-state index in [1.54, 1.807) is 24.5 Å². The number of anilines is 1. The lowest BCUT2D eigenvalue weighted by Crippen LogP contribution is -2.28. The zero-order chi connectivity index (χ0) is 12.7. The standard InChI is InChI=1S/C11H17N3O2S/c1-3-12-10-6-4-5-9(14-10)11(15)13-7-8-17(2)16/h4-6H,3,7-8H2,1-2H3,(H,12,14)(H,13,15). The van der Waals surface area contributed by atoms with Gasteiger partial charge in [0.1, 0.15) is 11.5 Å². The van der Waals surface area contributed by atoms with Crippen LogP contribution in [0.15, 0.2) is 18.2 Å². The first-order chi connectivity index (χ1) is 8.13. The number of amides is 1. The number of pyridine rings is 1. The van der Waals surface area contributed by atoms with Gasteiger partial charge in [0, 0.05) is 35.9 Å². The Balaban J connectivity index is 2.56. The van der Waals surface area contributed by atoms with Gasteiger partial charge in [-0.25, -0.2) is 4.98 Å². The summed E-state index contributed by atoms with van der Waals surface area (Å²) in [5, 5.41) is 5.71. The van der Waals surface area contributed by atoms with Crippen LogP contribution in [0.1, 0.15) is 17.4 Å². The van der Waals surface area contributed by atoms with Crippen LogP contribution < -0.4 is 10.6 Å². The minimum atomic E-state index is -0.893. The van der Waals surface area contributed by atoms with Gasteiger partial charge in [0.25, 0.3) is 5.91 Å². The molecule has 0 bridgehead atoms. The molecule has 0 aliphatic carbocycles. The van der Waals surface area contributed by atoms with Crippen molar-refractivity contribution in [2.45, 2.75) is 6.92 Å². The Morgan fingerprint density at radius 3 is 2.88 bits per heavy atom. The summed E-state index contributed by atoms with van der Waals surface area (Å²) < 4.78 is 10.8. The van der Waals surface area contributed by atoms with E-state index in [2.05, 4.69) is 15.6 Å². The first-order valence-electron chi connectivity index (χ1n) is 5.42. The van der Waals surface area contributed by atoms with Crippen LogP contribution in [-0.4, -0.2) is 40.2 Å². The number of aromatic nitrogens is 1. The smallest absolute Gasteiger partial charge is 0.269 e. The molecule has 6 heteroatoms. The Morgan fingerprint density at radius 1 is 1.47 bits per heavy atom. The molecule has 0 saturated carbocycles. The Kier molecular flexibility index (Phi) is 5.62. The maximum atomic E-state index is 11.7. The van der Waals surface area contributed by atoms with Gasteiger partial charge >= 0.3 is 0 Å². The molecule has 1 amide bonds. The first-order valence-corrected chi connectivity index (χ1v) is 7.15. The van der Waals surface area contributed by atoms with Crippen LogP contribution in [-0.2, 0) is 10.8 Å². The van der Waals surface area contributed by atoms with Crippen LogP contribution in [0, 0.1) is 0 Å². The second-order valence-electron chi connectivity index (χ2n) is 3.47. The van der Waals surface area contributed by atoms with Gasteiger partial charge in [0.15, 0.2) is 0 Å². The lowest BCUT2D eigenvalue weighted by molar-refractivity contribution is 0.0951. The SMILES string of the molecule is CCNc1cccc(C(=O)NCCS(C)=O)n1. The third-order valence-electron chi connectivity index (χ3n) is 2.01. The third-order valence-corrected chi connectivity index (χ3v) is 2.79. The van der Waals surface area contributed by atoms with Gasteiger partial charge in [-0.15, -0.1) is 0 Å². The number of rotatable bonds is 6. The van der Waals surface area contributed by atoms with Gasteiger partial charge in [-0.2, -0.15) is 0 Å². The zero-order valence-corrected chi connectivity index (χ0v) is 10.8.